The molecule has 4 aromatic heterocycles. The minimum absolute atomic E-state index is 1.02. The summed E-state index contributed by atoms with van der Waals surface area (Å²) in [7, 11) is 0. The van der Waals surface area contributed by atoms with Crippen molar-refractivity contribution in [2.45, 2.75) is 0 Å². The van der Waals surface area contributed by atoms with Gasteiger partial charge in [-0.05, 0) is 64.4 Å². The lowest BCUT2D eigenvalue weighted by molar-refractivity contribution is 1.36. The van der Waals surface area contributed by atoms with Gasteiger partial charge in [-0.2, -0.15) is 0 Å². The highest BCUT2D eigenvalue weighted by molar-refractivity contribution is 7.28. The van der Waals surface area contributed by atoms with E-state index in [0.29, 0.717) is 0 Å². The Balaban J connectivity index is 1.47. The molecular formula is C24H14N2S2. The maximum absolute atomic E-state index is 4.70. The van der Waals surface area contributed by atoms with Crippen molar-refractivity contribution in [3.8, 4) is 21.6 Å². The number of rotatable bonds is 2. The molecule has 2 aromatic carbocycles. The zero-order valence-corrected chi connectivity index (χ0v) is 16.4. The molecule has 132 valence electrons. The number of aromatic nitrogens is 2. The standard InChI is InChI=1S/C24H14N2S2/c1-2-18-13-25-7-5-16(18)9-15(1)20-11-19-10-17(3-4-21(19)26-14-20)23-12-24-22(28-23)6-8-27-24/h1-14H. The molecule has 4 heterocycles. The quantitative estimate of drug-likeness (QED) is 0.306. The Hall–Kier alpha value is -3.08. The first-order chi connectivity index (χ1) is 13.8. The van der Waals surface area contributed by atoms with Crippen LogP contribution in [-0.2, 0) is 0 Å². The van der Waals surface area contributed by atoms with Gasteiger partial charge in [0.1, 0.15) is 0 Å². The summed E-state index contributed by atoms with van der Waals surface area (Å²) in [4.78, 5) is 10.2. The van der Waals surface area contributed by atoms with Gasteiger partial charge in [0.25, 0.3) is 0 Å². The molecule has 28 heavy (non-hydrogen) atoms. The van der Waals surface area contributed by atoms with Gasteiger partial charge < -0.3 is 0 Å². The van der Waals surface area contributed by atoms with Crippen LogP contribution in [0.3, 0.4) is 0 Å². The number of nitrogens with zero attached hydrogens (tertiary/aromatic N) is 2. The van der Waals surface area contributed by atoms with Gasteiger partial charge in [0, 0.05) is 49.2 Å². The van der Waals surface area contributed by atoms with Crippen molar-refractivity contribution in [1.29, 1.82) is 0 Å². The van der Waals surface area contributed by atoms with Crippen molar-refractivity contribution < 1.29 is 0 Å². The van der Waals surface area contributed by atoms with Crippen LogP contribution in [-0.4, -0.2) is 9.97 Å². The van der Waals surface area contributed by atoms with Crippen LogP contribution in [0.2, 0.25) is 0 Å². The van der Waals surface area contributed by atoms with Gasteiger partial charge in [0.15, 0.2) is 0 Å². The Morgan fingerprint density at radius 2 is 1.54 bits per heavy atom. The Morgan fingerprint density at radius 3 is 2.50 bits per heavy atom. The molecule has 0 spiro atoms. The minimum atomic E-state index is 1.02. The molecule has 6 aromatic rings. The first-order valence-electron chi connectivity index (χ1n) is 9.05. The fraction of sp³-hybridized carbons (Fsp3) is 0. The number of pyridine rings is 2. The van der Waals surface area contributed by atoms with E-state index in [9.17, 15) is 0 Å². The van der Waals surface area contributed by atoms with Gasteiger partial charge in [0.2, 0.25) is 0 Å². The van der Waals surface area contributed by atoms with E-state index in [0.717, 1.165) is 16.5 Å². The molecule has 0 saturated carbocycles. The number of thiophene rings is 2. The van der Waals surface area contributed by atoms with Gasteiger partial charge in [-0.15, -0.1) is 22.7 Å². The van der Waals surface area contributed by atoms with Crippen LogP contribution >= 0.6 is 22.7 Å². The van der Waals surface area contributed by atoms with Gasteiger partial charge in [-0.1, -0.05) is 18.2 Å². The topological polar surface area (TPSA) is 25.8 Å². The van der Waals surface area contributed by atoms with E-state index in [2.05, 4.69) is 65.0 Å². The summed E-state index contributed by atoms with van der Waals surface area (Å²) >= 11 is 3.65. The molecule has 0 saturated heterocycles. The Labute approximate surface area is 169 Å². The molecule has 2 nitrogen and oxygen atoms in total. The average Bonchev–Trinajstić information content (AvgIpc) is 3.35. The summed E-state index contributed by atoms with van der Waals surface area (Å²) < 4.78 is 2.72. The monoisotopic (exact) mass is 394 g/mol. The third kappa shape index (κ3) is 2.61. The zero-order valence-electron chi connectivity index (χ0n) is 14.8. The van der Waals surface area contributed by atoms with Crippen molar-refractivity contribution in [3.63, 3.8) is 0 Å². The maximum Gasteiger partial charge on any atom is 0.0702 e. The van der Waals surface area contributed by atoms with E-state index in [1.54, 1.807) is 11.3 Å². The molecular weight excluding hydrogens is 380 g/mol. The highest BCUT2D eigenvalue weighted by atomic mass is 32.1. The molecule has 0 radical (unpaired) electrons. The summed E-state index contributed by atoms with van der Waals surface area (Å²) in [5.74, 6) is 0. The van der Waals surface area contributed by atoms with Crippen molar-refractivity contribution >= 4 is 53.7 Å². The summed E-state index contributed by atoms with van der Waals surface area (Å²) in [5, 5.41) is 5.67. The van der Waals surface area contributed by atoms with Crippen LogP contribution < -0.4 is 0 Å². The van der Waals surface area contributed by atoms with E-state index in [1.807, 2.05) is 36.0 Å². The molecule has 0 fully saturated rings. The van der Waals surface area contributed by atoms with Crippen LogP contribution in [0.4, 0.5) is 0 Å². The molecule has 0 atom stereocenters. The van der Waals surface area contributed by atoms with Crippen LogP contribution in [0.15, 0.2) is 84.6 Å². The van der Waals surface area contributed by atoms with E-state index in [4.69, 9.17) is 4.98 Å². The lowest BCUT2D eigenvalue weighted by atomic mass is 10.0. The van der Waals surface area contributed by atoms with Crippen LogP contribution in [0, 0.1) is 0 Å². The smallest absolute Gasteiger partial charge is 0.0702 e. The molecule has 0 aliphatic rings. The average molecular weight is 395 g/mol. The van der Waals surface area contributed by atoms with Crippen molar-refractivity contribution in [2.24, 2.45) is 0 Å². The molecule has 4 heteroatoms. The number of fused-ring (bicyclic) bond motifs is 3. The van der Waals surface area contributed by atoms with E-state index >= 15 is 0 Å². The number of hydrogen-bond donors (Lipinski definition) is 0. The molecule has 0 aliphatic heterocycles. The molecule has 0 aliphatic carbocycles. The van der Waals surface area contributed by atoms with Crippen LogP contribution in [0.1, 0.15) is 0 Å². The Bertz CT molecular complexity index is 1450. The predicted molar refractivity (Wildman–Crippen MR) is 121 cm³/mol. The van der Waals surface area contributed by atoms with Crippen molar-refractivity contribution in [1.82, 2.24) is 9.97 Å². The van der Waals surface area contributed by atoms with Crippen LogP contribution in [0.25, 0.3) is 52.6 Å². The summed E-state index contributed by atoms with van der Waals surface area (Å²) in [6.45, 7) is 0. The molecule has 0 amide bonds. The second-order valence-electron chi connectivity index (χ2n) is 6.83. The Kier molecular flexibility index (Phi) is 3.54. The van der Waals surface area contributed by atoms with Gasteiger partial charge in [0.05, 0.1) is 5.52 Å². The van der Waals surface area contributed by atoms with E-state index in [-0.39, 0.29) is 0 Å². The molecule has 0 N–H and O–H groups in total. The summed E-state index contributed by atoms with van der Waals surface area (Å²) in [5.41, 5.74) is 4.59. The number of benzene rings is 2. The zero-order chi connectivity index (χ0) is 18.5. The first-order valence-corrected chi connectivity index (χ1v) is 10.7. The second kappa shape index (κ2) is 6.23. The minimum Gasteiger partial charge on any atom is -0.264 e. The SMILES string of the molecule is c1cc2cc(-c3cnc4ccc(-c5cc6sccc6s5)cc4c3)ccc2cn1. The van der Waals surface area contributed by atoms with Crippen molar-refractivity contribution in [3.05, 3.63) is 84.6 Å². The third-order valence-electron chi connectivity index (χ3n) is 5.08. The van der Waals surface area contributed by atoms with E-state index < -0.39 is 0 Å². The van der Waals surface area contributed by atoms with Gasteiger partial charge in [-0.25, -0.2) is 0 Å². The van der Waals surface area contributed by atoms with Crippen LogP contribution in [0.5, 0.6) is 0 Å². The predicted octanol–water partition coefficient (Wildman–Crippen LogP) is 7.39. The largest absolute Gasteiger partial charge is 0.264 e. The first kappa shape index (κ1) is 15.9. The fourth-order valence-electron chi connectivity index (χ4n) is 3.61. The summed E-state index contributed by atoms with van der Waals surface area (Å²) in [6.07, 6.45) is 5.70. The molecule has 0 bridgehead atoms. The maximum atomic E-state index is 4.70. The molecule has 6 rings (SSSR count). The lowest BCUT2D eigenvalue weighted by Gasteiger charge is -2.07. The third-order valence-corrected chi connectivity index (χ3v) is 7.22. The highest BCUT2D eigenvalue weighted by Crippen LogP contribution is 2.37. The lowest BCUT2D eigenvalue weighted by Crippen LogP contribution is -1.85. The van der Waals surface area contributed by atoms with Gasteiger partial charge >= 0.3 is 0 Å². The van der Waals surface area contributed by atoms with E-state index in [1.165, 1.54) is 36.2 Å². The normalized spacial score (nSPS) is 11.6. The summed E-state index contributed by atoms with van der Waals surface area (Å²) in [6, 6.07) is 21.8. The van der Waals surface area contributed by atoms with Gasteiger partial charge in [-0.3, -0.25) is 9.97 Å². The second-order valence-corrected chi connectivity index (χ2v) is 8.86. The highest BCUT2D eigenvalue weighted by Gasteiger charge is 2.08. The van der Waals surface area contributed by atoms with Crippen molar-refractivity contribution in [2.75, 3.05) is 0 Å². The number of hydrogen-bond acceptors (Lipinski definition) is 4. The fourth-order valence-corrected chi connectivity index (χ4v) is 5.72. The Morgan fingerprint density at radius 1 is 0.643 bits per heavy atom. The molecule has 0 unspecified atom stereocenters.